The van der Waals surface area contributed by atoms with Gasteiger partial charge < -0.3 is 14.5 Å². The molecule has 1 saturated heterocycles. The molecule has 3 rings (SSSR count). The second-order valence-electron chi connectivity index (χ2n) is 7.20. The molecular formula is C21H26ClN3O4S. The number of halogens is 1. The molecule has 2 aromatic rings. The van der Waals surface area contributed by atoms with Crippen molar-refractivity contribution in [2.75, 3.05) is 48.7 Å². The fourth-order valence-corrected chi connectivity index (χ4v) is 5.03. The first kappa shape index (κ1) is 22.2. The van der Waals surface area contributed by atoms with Gasteiger partial charge >= 0.3 is 0 Å². The van der Waals surface area contributed by atoms with Crippen LogP contribution in [0.5, 0.6) is 5.75 Å². The second kappa shape index (κ2) is 9.14. The first-order valence-electron chi connectivity index (χ1n) is 9.64. The Morgan fingerprint density at radius 1 is 1.10 bits per heavy atom. The summed E-state index contributed by atoms with van der Waals surface area (Å²) < 4.78 is 31.7. The molecule has 1 atom stereocenters. The van der Waals surface area contributed by atoms with E-state index in [1.165, 1.54) is 13.2 Å². The minimum atomic E-state index is -3.77. The number of nitrogens with zero attached hydrogens (tertiary/aromatic N) is 3. The molecule has 1 aliphatic rings. The first-order chi connectivity index (χ1) is 14.2. The van der Waals surface area contributed by atoms with E-state index in [-0.39, 0.29) is 11.6 Å². The van der Waals surface area contributed by atoms with Crippen LogP contribution in [-0.4, -0.2) is 64.8 Å². The highest BCUT2D eigenvalue weighted by molar-refractivity contribution is 7.92. The Hall–Kier alpha value is -2.45. The average molecular weight is 452 g/mol. The van der Waals surface area contributed by atoms with E-state index in [0.717, 1.165) is 16.2 Å². The molecule has 9 heteroatoms. The van der Waals surface area contributed by atoms with Gasteiger partial charge in [0.1, 0.15) is 11.8 Å². The highest BCUT2D eigenvalue weighted by Crippen LogP contribution is 2.34. The number of benzene rings is 2. The van der Waals surface area contributed by atoms with Crippen molar-refractivity contribution in [3.8, 4) is 5.75 Å². The minimum Gasteiger partial charge on any atom is -0.495 e. The van der Waals surface area contributed by atoms with Gasteiger partial charge in [-0.25, -0.2) is 8.42 Å². The maximum atomic E-state index is 13.2. The number of para-hydroxylation sites is 1. The van der Waals surface area contributed by atoms with Gasteiger partial charge in [0.15, 0.2) is 0 Å². The molecule has 7 nitrogen and oxygen atoms in total. The molecule has 0 radical (unpaired) electrons. The lowest BCUT2D eigenvalue weighted by molar-refractivity contribution is -0.132. The van der Waals surface area contributed by atoms with Crippen molar-refractivity contribution in [3.63, 3.8) is 0 Å². The van der Waals surface area contributed by atoms with Gasteiger partial charge in [0.2, 0.25) is 15.9 Å². The van der Waals surface area contributed by atoms with Crippen LogP contribution < -0.4 is 13.9 Å². The fourth-order valence-electron chi connectivity index (χ4n) is 3.70. The summed E-state index contributed by atoms with van der Waals surface area (Å²) in [6.07, 6.45) is 1.07. The van der Waals surface area contributed by atoms with Crippen LogP contribution in [0.15, 0.2) is 48.5 Å². The van der Waals surface area contributed by atoms with Crippen molar-refractivity contribution in [2.24, 2.45) is 0 Å². The Bertz CT molecular complexity index is 993. The zero-order valence-corrected chi connectivity index (χ0v) is 18.9. The summed E-state index contributed by atoms with van der Waals surface area (Å²) in [5.41, 5.74) is 1.36. The van der Waals surface area contributed by atoms with Crippen LogP contribution in [0.3, 0.4) is 0 Å². The molecule has 2 aromatic carbocycles. The van der Waals surface area contributed by atoms with Crippen LogP contribution in [0.4, 0.5) is 11.4 Å². The third-order valence-electron chi connectivity index (χ3n) is 5.16. The van der Waals surface area contributed by atoms with Crippen LogP contribution in [0.2, 0.25) is 5.02 Å². The summed E-state index contributed by atoms with van der Waals surface area (Å²) in [4.78, 5) is 17.1. The van der Waals surface area contributed by atoms with Gasteiger partial charge in [-0.15, -0.1) is 0 Å². The van der Waals surface area contributed by atoms with Crippen LogP contribution in [-0.2, 0) is 14.8 Å². The molecule has 0 bridgehead atoms. The van der Waals surface area contributed by atoms with Crippen molar-refractivity contribution in [1.29, 1.82) is 0 Å². The lowest BCUT2D eigenvalue weighted by atomic mass is 10.2. The van der Waals surface area contributed by atoms with E-state index in [1.807, 2.05) is 30.3 Å². The third kappa shape index (κ3) is 4.82. The lowest BCUT2D eigenvalue weighted by Crippen LogP contribution is -2.55. The molecule has 1 fully saturated rings. The minimum absolute atomic E-state index is 0.247. The predicted molar refractivity (Wildman–Crippen MR) is 120 cm³/mol. The van der Waals surface area contributed by atoms with E-state index in [1.54, 1.807) is 24.0 Å². The second-order valence-corrected chi connectivity index (χ2v) is 9.49. The van der Waals surface area contributed by atoms with Gasteiger partial charge in [0, 0.05) is 36.9 Å². The fraction of sp³-hybridized carbons (Fsp3) is 0.381. The monoisotopic (exact) mass is 451 g/mol. The Morgan fingerprint density at radius 3 is 2.30 bits per heavy atom. The molecule has 1 amide bonds. The Balaban J connectivity index is 1.80. The number of ether oxygens (including phenoxy) is 1. The van der Waals surface area contributed by atoms with E-state index < -0.39 is 16.1 Å². The molecule has 0 saturated carbocycles. The number of hydrogen-bond donors (Lipinski definition) is 0. The topological polar surface area (TPSA) is 70.2 Å². The van der Waals surface area contributed by atoms with Gasteiger partial charge in [-0.1, -0.05) is 29.8 Å². The largest absolute Gasteiger partial charge is 0.495 e. The molecular weight excluding hydrogens is 426 g/mol. The zero-order chi connectivity index (χ0) is 21.9. The third-order valence-corrected chi connectivity index (χ3v) is 6.62. The zero-order valence-electron chi connectivity index (χ0n) is 17.3. The molecule has 0 unspecified atom stereocenters. The van der Waals surface area contributed by atoms with Gasteiger partial charge in [-0.2, -0.15) is 0 Å². The Kier molecular flexibility index (Phi) is 6.77. The maximum absolute atomic E-state index is 13.2. The summed E-state index contributed by atoms with van der Waals surface area (Å²) in [7, 11) is -2.32. The number of rotatable bonds is 6. The Morgan fingerprint density at radius 2 is 1.73 bits per heavy atom. The molecule has 30 heavy (non-hydrogen) atoms. The van der Waals surface area contributed by atoms with Crippen LogP contribution >= 0.6 is 11.6 Å². The maximum Gasteiger partial charge on any atom is 0.246 e. The van der Waals surface area contributed by atoms with Crippen molar-refractivity contribution in [2.45, 2.75) is 13.0 Å². The SMILES string of the molecule is COc1ccc(Cl)cc1N([C@@H](C)C(=O)N1CCN(c2ccccc2)CC1)S(C)(=O)=O. The number of piperazine rings is 1. The highest BCUT2D eigenvalue weighted by Gasteiger charge is 2.35. The lowest BCUT2D eigenvalue weighted by Gasteiger charge is -2.39. The first-order valence-corrected chi connectivity index (χ1v) is 11.9. The van der Waals surface area contributed by atoms with E-state index in [0.29, 0.717) is 37.0 Å². The summed E-state index contributed by atoms with van der Waals surface area (Å²) >= 11 is 6.10. The van der Waals surface area contributed by atoms with Crippen LogP contribution in [0.1, 0.15) is 6.92 Å². The van der Waals surface area contributed by atoms with Crippen molar-refractivity contribution < 1.29 is 17.9 Å². The number of carbonyl (C=O) groups is 1. The molecule has 1 heterocycles. The average Bonchev–Trinajstić information content (AvgIpc) is 2.73. The summed E-state index contributed by atoms with van der Waals surface area (Å²) in [6.45, 7) is 3.99. The predicted octanol–water partition coefficient (Wildman–Crippen LogP) is 2.85. The number of carbonyl (C=O) groups excluding carboxylic acids is 1. The quantitative estimate of drug-likeness (QED) is 0.675. The van der Waals surface area contributed by atoms with E-state index in [9.17, 15) is 13.2 Å². The summed E-state index contributed by atoms with van der Waals surface area (Å²) in [6, 6.07) is 13.8. The molecule has 0 aliphatic carbocycles. The van der Waals surface area contributed by atoms with Crippen LogP contribution in [0, 0.1) is 0 Å². The number of amides is 1. The highest BCUT2D eigenvalue weighted by atomic mass is 35.5. The number of sulfonamides is 1. The Labute approximate surface area is 182 Å². The van der Waals surface area contributed by atoms with E-state index >= 15 is 0 Å². The van der Waals surface area contributed by atoms with Crippen molar-refractivity contribution >= 4 is 38.9 Å². The normalized spacial score (nSPS) is 15.6. The van der Waals surface area contributed by atoms with Gasteiger partial charge in [-0.3, -0.25) is 9.10 Å². The molecule has 1 aliphatic heterocycles. The van der Waals surface area contributed by atoms with Gasteiger partial charge in [0.25, 0.3) is 0 Å². The smallest absolute Gasteiger partial charge is 0.246 e. The van der Waals surface area contributed by atoms with E-state index in [2.05, 4.69) is 4.90 Å². The summed E-state index contributed by atoms with van der Waals surface area (Å²) in [5, 5.41) is 0.357. The molecule has 162 valence electrons. The van der Waals surface area contributed by atoms with E-state index in [4.69, 9.17) is 16.3 Å². The molecule has 0 spiro atoms. The number of anilines is 2. The van der Waals surface area contributed by atoms with Crippen molar-refractivity contribution in [1.82, 2.24) is 4.90 Å². The van der Waals surface area contributed by atoms with Gasteiger partial charge in [-0.05, 0) is 37.3 Å². The van der Waals surface area contributed by atoms with Gasteiger partial charge in [0.05, 0.1) is 19.1 Å². The standard InChI is InChI=1S/C21H26ClN3O4S/c1-16(25(30(3,27)28)19-15-17(22)9-10-20(19)29-2)21(26)24-13-11-23(12-14-24)18-7-5-4-6-8-18/h4-10,15-16H,11-14H2,1-3H3/t16-/m0/s1. The molecule has 0 aromatic heterocycles. The van der Waals surface area contributed by atoms with Crippen LogP contribution in [0.25, 0.3) is 0 Å². The summed E-state index contributed by atoms with van der Waals surface area (Å²) in [5.74, 6) is 0.0773. The number of hydrogen-bond acceptors (Lipinski definition) is 5. The molecule has 0 N–H and O–H groups in total. The number of methoxy groups -OCH3 is 1. The van der Waals surface area contributed by atoms with Crippen molar-refractivity contribution in [3.05, 3.63) is 53.6 Å².